The molecule has 0 amide bonds. The smallest absolute Gasteiger partial charge is 0.0451 e. The van der Waals surface area contributed by atoms with Gasteiger partial charge in [-0.05, 0) is 43.3 Å². The third kappa shape index (κ3) is 5.98. The minimum Gasteiger partial charge on any atom is -0.308 e. The second kappa shape index (κ2) is 9.07. The summed E-state index contributed by atoms with van der Waals surface area (Å²) >= 11 is 6.34. The molecule has 2 aromatic rings. The molecule has 0 saturated heterocycles. The van der Waals surface area contributed by atoms with Gasteiger partial charge in [-0.15, -0.1) is 0 Å². The first-order chi connectivity index (χ1) is 11.1. The fourth-order valence-electron chi connectivity index (χ4n) is 2.63. The lowest BCUT2D eigenvalue weighted by atomic mass is 10.1. The molecule has 0 atom stereocenters. The molecule has 0 aliphatic rings. The van der Waals surface area contributed by atoms with Crippen LogP contribution in [0.15, 0.2) is 48.5 Å². The summed E-state index contributed by atoms with van der Waals surface area (Å²) in [5.74, 6) is 0. The van der Waals surface area contributed by atoms with Crippen molar-refractivity contribution in [1.29, 1.82) is 0 Å². The van der Waals surface area contributed by atoms with E-state index in [1.165, 1.54) is 16.7 Å². The Morgan fingerprint density at radius 1 is 0.870 bits per heavy atom. The van der Waals surface area contributed by atoms with Crippen molar-refractivity contribution in [3.05, 3.63) is 70.2 Å². The average molecular weight is 331 g/mol. The maximum absolute atomic E-state index is 6.34. The molecule has 0 aliphatic heterocycles. The number of benzene rings is 2. The third-order valence-corrected chi connectivity index (χ3v) is 4.39. The number of rotatable bonds is 8. The van der Waals surface area contributed by atoms with E-state index in [-0.39, 0.29) is 0 Å². The molecule has 2 nitrogen and oxygen atoms in total. The Morgan fingerprint density at radius 3 is 2.30 bits per heavy atom. The summed E-state index contributed by atoms with van der Waals surface area (Å²) in [6, 6.07) is 17.0. The first kappa shape index (κ1) is 18.0. The molecular formula is C20H27ClN2. The second-order valence-corrected chi connectivity index (χ2v) is 6.69. The number of aryl methyl sites for hydroxylation is 1. The van der Waals surface area contributed by atoms with Gasteiger partial charge in [-0.2, -0.15) is 0 Å². The van der Waals surface area contributed by atoms with E-state index >= 15 is 0 Å². The molecule has 2 rings (SSSR count). The minimum absolute atomic E-state index is 0.852. The van der Waals surface area contributed by atoms with E-state index in [1.54, 1.807) is 0 Å². The van der Waals surface area contributed by atoms with Gasteiger partial charge in [-0.25, -0.2) is 0 Å². The lowest BCUT2D eigenvalue weighted by Crippen LogP contribution is -2.31. The van der Waals surface area contributed by atoms with Crippen LogP contribution in [0.5, 0.6) is 0 Å². The highest BCUT2D eigenvalue weighted by Crippen LogP contribution is 2.18. The Kier molecular flexibility index (Phi) is 7.10. The Morgan fingerprint density at radius 2 is 1.61 bits per heavy atom. The summed E-state index contributed by atoms with van der Waals surface area (Å²) in [5.41, 5.74) is 3.96. The fraction of sp³-hybridized carbons (Fsp3) is 0.400. The third-order valence-electron chi connectivity index (χ3n) is 4.02. The summed E-state index contributed by atoms with van der Waals surface area (Å²) in [4.78, 5) is 4.69. The molecule has 0 N–H and O–H groups in total. The normalized spacial score (nSPS) is 11.4. The van der Waals surface area contributed by atoms with Crippen molar-refractivity contribution in [1.82, 2.24) is 9.80 Å². The van der Waals surface area contributed by atoms with Crippen LogP contribution in [-0.4, -0.2) is 37.0 Å². The first-order valence-corrected chi connectivity index (χ1v) is 8.64. The molecule has 0 bridgehead atoms. The van der Waals surface area contributed by atoms with E-state index in [0.717, 1.165) is 37.6 Å². The summed E-state index contributed by atoms with van der Waals surface area (Å²) < 4.78 is 0. The van der Waals surface area contributed by atoms with Gasteiger partial charge in [0.25, 0.3) is 0 Å². The quantitative estimate of drug-likeness (QED) is 0.704. The summed E-state index contributed by atoms with van der Waals surface area (Å²) in [5, 5.41) is 0.852. The van der Waals surface area contributed by atoms with Crippen molar-refractivity contribution in [2.45, 2.75) is 26.4 Å². The van der Waals surface area contributed by atoms with Gasteiger partial charge in [0.1, 0.15) is 0 Å². The van der Waals surface area contributed by atoms with Crippen LogP contribution < -0.4 is 0 Å². The molecular weight excluding hydrogens is 304 g/mol. The molecule has 3 heteroatoms. The predicted molar refractivity (Wildman–Crippen MR) is 99.9 cm³/mol. The van der Waals surface area contributed by atoms with Crippen molar-refractivity contribution >= 4 is 11.6 Å². The fourth-order valence-corrected chi connectivity index (χ4v) is 2.82. The standard InChI is InChI=1S/C20H27ClN2/c1-4-17-8-7-9-18(14-17)15-23(13-12-22(2)3)16-19-10-5-6-11-20(19)21/h5-11,14H,4,12-13,15-16H2,1-3H3. The number of hydrogen-bond acceptors (Lipinski definition) is 2. The van der Waals surface area contributed by atoms with Crippen LogP contribution in [0.3, 0.4) is 0 Å². The van der Waals surface area contributed by atoms with Gasteiger partial charge in [0.15, 0.2) is 0 Å². The molecule has 124 valence electrons. The van der Waals surface area contributed by atoms with Crippen LogP contribution in [0.1, 0.15) is 23.6 Å². The molecule has 0 aromatic heterocycles. The molecule has 2 aromatic carbocycles. The Bertz CT molecular complexity index is 610. The average Bonchev–Trinajstić information content (AvgIpc) is 2.55. The van der Waals surface area contributed by atoms with Gasteiger partial charge in [-0.3, -0.25) is 4.90 Å². The molecule has 23 heavy (non-hydrogen) atoms. The van der Waals surface area contributed by atoms with Gasteiger partial charge in [0, 0.05) is 31.2 Å². The van der Waals surface area contributed by atoms with E-state index in [4.69, 9.17) is 11.6 Å². The topological polar surface area (TPSA) is 6.48 Å². The van der Waals surface area contributed by atoms with Crippen LogP contribution in [0.4, 0.5) is 0 Å². The summed E-state index contributed by atoms with van der Waals surface area (Å²) in [7, 11) is 4.23. The monoisotopic (exact) mass is 330 g/mol. The largest absolute Gasteiger partial charge is 0.308 e. The van der Waals surface area contributed by atoms with Crippen molar-refractivity contribution in [3.63, 3.8) is 0 Å². The van der Waals surface area contributed by atoms with Crippen LogP contribution in [0.25, 0.3) is 0 Å². The van der Waals surface area contributed by atoms with Crippen molar-refractivity contribution < 1.29 is 0 Å². The SMILES string of the molecule is CCc1cccc(CN(CCN(C)C)Cc2ccccc2Cl)c1. The first-order valence-electron chi connectivity index (χ1n) is 8.26. The minimum atomic E-state index is 0.852. The van der Waals surface area contributed by atoms with Crippen LogP contribution in [0.2, 0.25) is 5.02 Å². The van der Waals surface area contributed by atoms with Crippen molar-refractivity contribution in [2.24, 2.45) is 0 Å². The van der Waals surface area contributed by atoms with Crippen molar-refractivity contribution in [2.75, 3.05) is 27.2 Å². The maximum Gasteiger partial charge on any atom is 0.0451 e. The zero-order valence-corrected chi connectivity index (χ0v) is 15.2. The number of nitrogens with zero attached hydrogens (tertiary/aromatic N) is 2. The second-order valence-electron chi connectivity index (χ2n) is 6.28. The molecule has 0 unspecified atom stereocenters. The van der Waals surface area contributed by atoms with Crippen LogP contribution in [0, 0.1) is 0 Å². The van der Waals surface area contributed by atoms with E-state index in [9.17, 15) is 0 Å². The van der Waals surface area contributed by atoms with Gasteiger partial charge >= 0.3 is 0 Å². The molecule has 0 fully saturated rings. The lowest BCUT2D eigenvalue weighted by molar-refractivity contribution is 0.226. The molecule has 0 aliphatic carbocycles. The van der Waals surface area contributed by atoms with Gasteiger partial charge in [0.2, 0.25) is 0 Å². The Balaban J connectivity index is 2.11. The predicted octanol–water partition coefficient (Wildman–Crippen LogP) is 4.47. The molecule has 0 radical (unpaired) electrons. The van der Waals surface area contributed by atoms with E-state index in [0.29, 0.717) is 0 Å². The number of halogens is 1. The van der Waals surface area contributed by atoms with Gasteiger partial charge < -0.3 is 4.90 Å². The van der Waals surface area contributed by atoms with Crippen LogP contribution >= 0.6 is 11.6 Å². The molecule has 0 heterocycles. The maximum atomic E-state index is 6.34. The highest BCUT2D eigenvalue weighted by atomic mass is 35.5. The van der Waals surface area contributed by atoms with Crippen molar-refractivity contribution in [3.8, 4) is 0 Å². The zero-order valence-electron chi connectivity index (χ0n) is 14.4. The van der Waals surface area contributed by atoms with Gasteiger partial charge in [0.05, 0.1) is 0 Å². The highest BCUT2D eigenvalue weighted by Gasteiger charge is 2.10. The van der Waals surface area contributed by atoms with Gasteiger partial charge in [-0.1, -0.05) is 61.0 Å². The Hall–Kier alpha value is -1.35. The van der Waals surface area contributed by atoms with E-state index < -0.39 is 0 Å². The molecule has 0 spiro atoms. The highest BCUT2D eigenvalue weighted by molar-refractivity contribution is 6.31. The number of likely N-dealkylation sites (N-methyl/N-ethyl adjacent to an activating group) is 1. The van der Waals surface area contributed by atoms with Crippen LogP contribution in [-0.2, 0) is 19.5 Å². The Labute approximate surface area is 145 Å². The van der Waals surface area contributed by atoms with E-state index in [1.807, 2.05) is 12.1 Å². The zero-order chi connectivity index (χ0) is 16.7. The molecule has 0 saturated carbocycles. The summed E-state index contributed by atoms with van der Waals surface area (Å²) in [6.45, 7) is 6.09. The van der Waals surface area contributed by atoms with E-state index in [2.05, 4.69) is 67.2 Å². The number of hydrogen-bond donors (Lipinski definition) is 0. The summed E-state index contributed by atoms with van der Waals surface area (Å²) in [6.07, 6.45) is 1.08. The lowest BCUT2D eigenvalue weighted by Gasteiger charge is -2.25.